The van der Waals surface area contributed by atoms with Crippen molar-refractivity contribution in [2.45, 2.75) is 26.3 Å². The number of carbonyl (C=O) groups excluding carboxylic acids is 3. The standard InChI is InChI=1S/C25H24N2O4S/c1-16-9-11-18(12-10-16)27-23(29)14-19(24(27)21-8-5-13-32-21)25(30)31-15-22(28)26-20-7-4-3-6-17(20)2/h3-13,19,24H,14-15H2,1-2H3,(H,26,28)/t19-,24-/m0/s1. The topological polar surface area (TPSA) is 75.7 Å². The van der Waals surface area contributed by atoms with E-state index in [-0.39, 0.29) is 12.3 Å². The third-order valence-corrected chi connectivity index (χ3v) is 6.48. The highest BCUT2D eigenvalue weighted by atomic mass is 32.1. The molecule has 32 heavy (non-hydrogen) atoms. The van der Waals surface area contributed by atoms with Crippen molar-refractivity contribution in [3.8, 4) is 0 Å². The highest BCUT2D eigenvalue weighted by Gasteiger charge is 2.46. The summed E-state index contributed by atoms with van der Waals surface area (Å²) in [5, 5.41) is 4.67. The van der Waals surface area contributed by atoms with E-state index in [1.54, 1.807) is 11.0 Å². The van der Waals surface area contributed by atoms with Crippen LogP contribution in [0.25, 0.3) is 0 Å². The molecular formula is C25H24N2O4S. The van der Waals surface area contributed by atoms with Crippen molar-refractivity contribution < 1.29 is 19.1 Å². The van der Waals surface area contributed by atoms with Crippen LogP contribution < -0.4 is 10.2 Å². The largest absolute Gasteiger partial charge is 0.455 e. The molecule has 1 aliphatic heterocycles. The lowest BCUT2D eigenvalue weighted by Gasteiger charge is -2.27. The van der Waals surface area contributed by atoms with Crippen LogP contribution in [0.2, 0.25) is 0 Å². The number of benzene rings is 2. The molecule has 7 heteroatoms. The molecule has 0 aliphatic carbocycles. The SMILES string of the molecule is Cc1ccc(N2C(=O)C[C@H](C(=O)OCC(=O)Nc3ccccc3C)[C@H]2c2cccs2)cc1. The predicted octanol–water partition coefficient (Wildman–Crippen LogP) is 4.64. The minimum Gasteiger partial charge on any atom is -0.455 e. The van der Waals surface area contributed by atoms with Crippen molar-refractivity contribution in [1.29, 1.82) is 0 Å². The van der Waals surface area contributed by atoms with Crippen LogP contribution >= 0.6 is 11.3 Å². The number of rotatable bonds is 6. The van der Waals surface area contributed by atoms with Crippen molar-refractivity contribution in [2.75, 3.05) is 16.8 Å². The maximum absolute atomic E-state index is 13.0. The molecule has 2 aromatic carbocycles. The van der Waals surface area contributed by atoms with E-state index in [0.29, 0.717) is 5.69 Å². The molecule has 2 heterocycles. The molecule has 1 saturated heterocycles. The molecule has 0 spiro atoms. The summed E-state index contributed by atoms with van der Waals surface area (Å²) in [5.74, 6) is -1.79. The summed E-state index contributed by atoms with van der Waals surface area (Å²) in [6.45, 7) is 3.46. The number of nitrogens with one attached hydrogen (secondary N) is 1. The minimum absolute atomic E-state index is 0.0364. The van der Waals surface area contributed by atoms with Gasteiger partial charge < -0.3 is 15.0 Å². The van der Waals surface area contributed by atoms with Crippen molar-refractivity contribution in [2.24, 2.45) is 5.92 Å². The van der Waals surface area contributed by atoms with Crippen molar-refractivity contribution >= 4 is 40.5 Å². The Hall–Kier alpha value is -3.45. The van der Waals surface area contributed by atoms with Gasteiger partial charge in [-0.2, -0.15) is 0 Å². The molecule has 3 aromatic rings. The van der Waals surface area contributed by atoms with Gasteiger partial charge in [-0.25, -0.2) is 0 Å². The maximum atomic E-state index is 13.0. The van der Waals surface area contributed by atoms with Gasteiger partial charge in [-0.3, -0.25) is 14.4 Å². The fraction of sp³-hybridized carbons (Fsp3) is 0.240. The minimum atomic E-state index is -0.686. The highest BCUT2D eigenvalue weighted by Crippen LogP contribution is 2.43. The van der Waals surface area contributed by atoms with Crippen LogP contribution in [-0.4, -0.2) is 24.4 Å². The number of ether oxygens (including phenoxy) is 1. The number of amides is 2. The van der Waals surface area contributed by atoms with Gasteiger partial charge in [0.05, 0.1) is 12.0 Å². The van der Waals surface area contributed by atoms with Crippen molar-refractivity contribution in [1.82, 2.24) is 0 Å². The molecule has 1 aliphatic rings. The number of anilines is 2. The quantitative estimate of drug-likeness (QED) is 0.558. The molecule has 0 saturated carbocycles. The van der Waals surface area contributed by atoms with E-state index >= 15 is 0 Å². The number of esters is 1. The molecule has 0 unspecified atom stereocenters. The molecule has 164 valence electrons. The summed E-state index contributed by atoms with van der Waals surface area (Å²) in [6.07, 6.45) is 0.0364. The van der Waals surface area contributed by atoms with E-state index in [4.69, 9.17) is 4.74 Å². The van der Waals surface area contributed by atoms with E-state index in [1.807, 2.05) is 73.8 Å². The molecule has 1 fully saturated rings. The first-order valence-corrected chi connectivity index (χ1v) is 11.3. The average molecular weight is 449 g/mol. The van der Waals surface area contributed by atoms with Crippen LogP contribution in [-0.2, 0) is 19.1 Å². The number of hydrogen-bond acceptors (Lipinski definition) is 5. The van der Waals surface area contributed by atoms with Crippen LogP contribution in [0.15, 0.2) is 66.0 Å². The number of aryl methyl sites for hydroxylation is 2. The molecule has 6 nitrogen and oxygen atoms in total. The van der Waals surface area contributed by atoms with E-state index in [2.05, 4.69) is 5.32 Å². The number of para-hydroxylation sites is 1. The zero-order chi connectivity index (χ0) is 22.7. The Morgan fingerprint density at radius 1 is 1.06 bits per heavy atom. The van der Waals surface area contributed by atoms with Gasteiger partial charge in [-0.1, -0.05) is 42.0 Å². The first-order chi connectivity index (χ1) is 15.4. The summed E-state index contributed by atoms with van der Waals surface area (Å²) in [6, 6.07) is 18.4. The zero-order valence-electron chi connectivity index (χ0n) is 17.9. The van der Waals surface area contributed by atoms with Crippen LogP contribution in [0.5, 0.6) is 0 Å². The summed E-state index contributed by atoms with van der Waals surface area (Å²) in [4.78, 5) is 40.8. The fourth-order valence-corrected chi connectivity index (χ4v) is 4.76. The molecular weight excluding hydrogens is 424 g/mol. The van der Waals surface area contributed by atoms with Gasteiger partial charge in [0, 0.05) is 22.7 Å². The number of thiophene rings is 1. The Balaban J connectivity index is 1.49. The monoisotopic (exact) mass is 448 g/mol. The lowest BCUT2D eigenvalue weighted by molar-refractivity contribution is -0.152. The molecule has 4 rings (SSSR count). The Morgan fingerprint density at radius 2 is 1.81 bits per heavy atom. The smallest absolute Gasteiger partial charge is 0.312 e. The van der Waals surface area contributed by atoms with Crippen LogP contribution in [0.1, 0.15) is 28.5 Å². The Labute approximate surface area is 190 Å². The first-order valence-electron chi connectivity index (χ1n) is 10.4. The fourth-order valence-electron chi connectivity index (χ4n) is 3.88. The van der Waals surface area contributed by atoms with Crippen molar-refractivity contribution in [3.63, 3.8) is 0 Å². The summed E-state index contributed by atoms with van der Waals surface area (Å²) in [7, 11) is 0. The molecule has 0 bridgehead atoms. The van der Waals surface area contributed by atoms with Gasteiger partial charge in [0.15, 0.2) is 6.61 Å². The zero-order valence-corrected chi connectivity index (χ0v) is 18.7. The lowest BCUT2D eigenvalue weighted by atomic mass is 9.99. The van der Waals surface area contributed by atoms with Gasteiger partial charge in [0.2, 0.25) is 5.91 Å². The average Bonchev–Trinajstić information content (AvgIpc) is 3.42. The molecule has 1 aromatic heterocycles. The van der Waals surface area contributed by atoms with E-state index in [9.17, 15) is 14.4 Å². The van der Waals surface area contributed by atoms with Gasteiger partial charge in [0.25, 0.3) is 5.91 Å². The van der Waals surface area contributed by atoms with Crippen LogP contribution in [0, 0.1) is 19.8 Å². The van der Waals surface area contributed by atoms with Crippen molar-refractivity contribution in [3.05, 3.63) is 82.0 Å². The number of carbonyl (C=O) groups is 3. The van der Waals surface area contributed by atoms with Gasteiger partial charge >= 0.3 is 5.97 Å². The second-order valence-electron chi connectivity index (χ2n) is 7.84. The Bertz CT molecular complexity index is 1130. The lowest BCUT2D eigenvalue weighted by Crippen LogP contribution is -2.31. The van der Waals surface area contributed by atoms with Gasteiger partial charge in [-0.05, 0) is 49.1 Å². The van der Waals surface area contributed by atoms with E-state index in [0.717, 1.165) is 21.7 Å². The maximum Gasteiger partial charge on any atom is 0.312 e. The normalized spacial score (nSPS) is 17.9. The number of hydrogen-bond donors (Lipinski definition) is 1. The van der Waals surface area contributed by atoms with E-state index in [1.165, 1.54) is 11.3 Å². The molecule has 1 N–H and O–H groups in total. The highest BCUT2D eigenvalue weighted by molar-refractivity contribution is 7.10. The third kappa shape index (κ3) is 4.57. The summed E-state index contributed by atoms with van der Waals surface area (Å²) >= 11 is 1.49. The van der Waals surface area contributed by atoms with Gasteiger partial charge in [-0.15, -0.1) is 11.3 Å². The first kappa shape index (κ1) is 21.8. The summed E-state index contributed by atoms with van der Waals surface area (Å²) in [5.41, 5.74) is 3.42. The van der Waals surface area contributed by atoms with E-state index < -0.39 is 30.4 Å². The predicted molar refractivity (Wildman–Crippen MR) is 125 cm³/mol. The second kappa shape index (κ2) is 9.36. The van der Waals surface area contributed by atoms with Gasteiger partial charge in [0.1, 0.15) is 0 Å². The van der Waals surface area contributed by atoms with Crippen LogP contribution in [0.3, 0.4) is 0 Å². The van der Waals surface area contributed by atoms with Crippen LogP contribution in [0.4, 0.5) is 11.4 Å². The Morgan fingerprint density at radius 3 is 2.50 bits per heavy atom. The molecule has 0 radical (unpaired) electrons. The Kier molecular flexibility index (Phi) is 6.37. The summed E-state index contributed by atoms with van der Waals surface area (Å²) < 4.78 is 5.35. The molecule has 2 amide bonds. The number of nitrogens with zero attached hydrogens (tertiary/aromatic N) is 1. The third-order valence-electron chi connectivity index (χ3n) is 5.54. The second-order valence-corrected chi connectivity index (χ2v) is 8.82. The molecule has 2 atom stereocenters.